The third-order valence-electron chi connectivity index (χ3n) is 4.44. The molecule has 2 aromatic carbocycles. The lowest BCUT2D eigenvalue weighted by Crippen LogP contribution is -2.49. The van der Waals surface area contributed by atoms with Crippen molar-refractivity contribution in [2.24, 2.45) is 0 Å². The van der Waals surface area contributed by atoms with Gasteiger partial charge in [0.1, 0.15) is 12.2 Å². The van der Waals surface area contributed by atoms with Crippen LogP contribution in [0.25, 0.3) is 0 Å². The van der Waals surface area contributed by atoms with Gasteiger partial charge < -0.3 is 15.1 Å². The Morgan fingerprint density at radius 2 is 1.73 bits per heavy atom. The highest BCUT2D eigenvalue weighted by molar-refractivity contribution is 6.03. The highest BCUT2D eigenvalue weighted by Gasteiger charge is 2.23. The molecule has 2 aromatic rings. The highest BCUT2D eigenvalue weighted by Crippen LogP contribution is 2.17. The Labute approximate surface area is 152 Å². The number of carbonyl (C=O) groups excluding carboxylic acids is 2. The third kappa shape index (κ3) is 4.59. The highest BCUT2D eigenvalue weighted by atomic mass is 19.1. The molecule has 0 saturated carbocycles. The van der Waals surface area contributed by atoms with Crippen molar-refractivity contribution in [1.82, 2.24) is 4.90 Å². The van der Waals surface area contributed by atoms with Gasteiger partial charge in [-0.1, -0.05) is 12.1 Å². The van der Waals surface area contributed by atoms with E-state index in [0.29, 0.717) is 31.9 Å². The Balaban J connectivity index is 1.48. The van der Waals surface area contributed by atoms with Gasteiger partial charge in [-0.2, -0.15) is 0 Å². The summed E-state index contributed by atoms with van der Waals surface area (Å²) in [4.78, 5) is 28.3. The van der Waals surface area contributed by atoms with E-state index >= 15 is 0 Å². The number of aryl methyl sites for hydroxylation is 1. The lowest BCUT2D eigenvalue weighted by Gasteiger charge is -2.36. The lowest BCUT2D eigenvalue weighted by molar-refractivity contribution is -0.134. The van der Waals surface area contributed by atoms with Gasteiger partial charge in [-0.25, -0.2) is 4.39 Å². The van der Waals surface area contributed by atoms with Gasteiger partial charge in [-0.05, 0) is 48.9 Å². The van der Waals surface area contributed by atoms with E-state index in [1.807, 2.05) is 25.1 Å². The number of benzene rings is 2. The number of rotatable bonds is 4. The molecule has 0 unspecified atom stereocenters. The van der Waals surface area contributed by atoms with Gasteiger partial charge in [0.2, 0.25) is 11.8 Å². The summed E-state index contributed by atoms with van der Waals surface area (Å²) in [6, 6.07) is 13.8. The molecule has 1 heterocycles. The second kappa shape index (κ2) is 7.99. The fraction of sp³-hybridized carbons (Fsp3) is 0.300. The molecule has 0 spiro atoms. The summed E-state index contributed by atoms with van der Waals surface area (Å²) in [6.45, 7) is 4.37. The van der Waals surface area contributed by atoms with Gasteiger partial charge >= 0.3 is 0 Å². The molecule has 0 atom stereocenters. The minimum Gasteiger partial charge on any atom is -0.368 e. The summed E-state index contributed by atoms with van der Waals surface area (Å²) in [5.41, 5.74) is 2.69. The van der Waals surface area contributed by atoms with Crippen LogP contribution in [0.15, 0.2) is 48.5 Å². The van der Waals surface area contributed by atoms with E-state index in [4.69, 9.17) is 0 Å². The fourth-order valence-corrected chi connectivity index (χ4v) is 3.04. The van der Waals surface area contributed by atoms with E-state index in [1.54, 1.807) is 23.1 Å². The zero-order valence-corrected chi connectivity index (χ0v) is 14.7. The molecule has 2 amide bonds. The molecule has 0 radical (unpaired) electrons. The summed E-state index contributed by atoms with van der Waals surface area (Å²) in [5, 5.41) is 2.76. The number of carbonyl (C=O) groups is 2. The minimum absolute atomic E-state index is 0.162. The van der Waals surface area contributed by atoms with Gasteiger partial charge in [0, 0.05) is 37.6 Å². The number of hydrogen-bond donors (Lipinski definition) is 1. The molecule has 5 nitrogen and oxygen atoms in total. The zero-order chi connectivity index (χ0) is 18.5. The first-order valence-electron chi connectivity index (χ1n) is 8.66. The molecular weight excluding hydrogens is 333 g/mol. The number of hydrogen-bond acceptors (Lipinski definition) is 3. The van der Waals surface area contributed by atoms with Crippen molar-refractivity contribution in [2.75, 3.05) is 36.4 Å². The first-order chi connectivity index (χ1) is 12.5. The molecule has 3 rings (SSSR count). The summed E-state index contributed by atoms with van der Waals surface area (Å²) in [6.07, 6.45) is -0.162. The molecule has 1 fully saturated rings. The molecule has 0 bridgehead atoms. The molecule has 26 heavy (non-hydrogen) atoms. The molecule has 1 aliphatic rings. The minimum atomic E-state index is -0.304. The van der Waals surface area contributed by atoms with Crippen LogP contribution in [-0.4, -0.2) is 42.9 Å². The monoisotopic (exact) mass is 355 g/mol. The van der Waals surface area contributed by atoms with Crippen molar-refractivity contribution < 1.29 is 14.0 Å². The average Bonchev–Trinajstić information content (AvgIpc) is 2.62. The maximum absolute atomic E-state index is 13.0. The van der Waals surface area contributed by atoms with E-state index in [-0.39, 0.29) is 24.1 Å². The van der Waals surface area contributed by atoms with E-state index in [9.17, 15) is 14.0 Å². The van der Waals surface area contributed by atoms with Crippen molar-refractivity contribution in [3.63, 3.8) is 0 Å². The zero-order valence-electron chi connectivity index (χ0n) is 14.7. The van der Waals surface area contributed by atoms with Crippen LogP contribution in [0, 0.1) is 12.7 Å². The van der Waals surface area contributed by atoms with Crippen LogP contribution in [-0.2, 0) is 9.59 Å². The van der Waals surface area contributed by atoms with Gasteiger partial charge in [-0.15, -0.1) is 0 Å². The number of anilines is 2. The van der Waals surface area contributed by atoms with Crippen LogP contribution >= 0.6 is 0 Å². The molecule has 1 saturated heterocycles. The van der Waals surface area contributed by atoms with Gasteiger partial charge in [0.25, 0.3) is 0 Å². The number of nitrogens with zero attached hydrogens (tertiary/aromatic N) is 2. The number of nitrogens with one attached hydrogen (secondary N) is 1. The molecule has 0 aliphatic carbocycles. The molecule has 0 aromatic heterocycles. The number of piperazine rings is 1. The smallest absolute Gasteiger partial charge is 0.233 e. The third-order valence-corrected chi connectivity index (χ3v) is 4.44. The Morgan fingerprint density at radius 1 is 1.04 bits per heavy atom. The predicted molar refractivity (Wildman–Crippen MR) is 99.6 cm³/mol. The predicted octanol–water partition coefficient (Wildman–Crippen LogP) is 2.81. The number of amides is 2. The Morgan fingerprint density at radius 3 is 2.38 bits per heavy atom. The second-order valence-electron chi connectivity index (χ2n) is 6.44. The number of halogens is 1. The first-order valence-corrected chi connectivity index (χ1v) is 8.66. The summed E-state index contributed by atoms with van der Waals surface area (Å²) in [5.74, 6) is -0.738. The Kier molecular flexibility index (Phi) is 5.51. The fourth-order valence-electron chi connectivity index (χ4n) is 3.04. The van der Waals surface area contributed by atoms with Gasteiger partial charge in [0.05, 0.1) is 0 Å². The van der Waals surface area contributed by atoms with E-state index in [0.717, 1.165) is 11.3 Å². The standard InChI is InChI=1S/C20H22FN3O2/c1-15-3-2-4-17(13-15)22-19(25)14-20(26)24-11-9-23(10-12-24)18-7-5-16(21)6-8-18/h2-8,13H,9-12,14H2,1H3,(H,22,25). The van der Waals surface area contributed by atoms with E-state index in [2.05, 4.69) is 10.2 Å². The molecule has 6 heteroatoms. The van der Waals surface area contributed by atoms with E-state index in [1.165, 1.54) is 12.1 Å². The Bertz CT molecular complexity index is 784. The van der Waals surface area contributed by atoms with Crippen molar-refractivity contribution in [3.05, 3.63) is 59.9 Å². The lowest BCUT2D eigenvalue weighted by atomic mass is 10.2. The Hall–Kier alpha value is -2.89. The maximum atomic E-state index is 13.0. The van der Waals surface area contributed by atoms with Gasteiger partial charge in [0.15, 0.2) is 0 Å². The van der Waals surface area contributed by atoms with Crippen LogP contribution in [0.3, 0.4) is 0 Å². The van der Waals surface area contributed by atoms with Gasteiger partial charge in [-0.3, -0.25) is 9.59 Å². The largest absolute Gasteiger partial charge is 0.368 e. The summed E-state index contributed by atoms with van der Waals surface area (Å²) < 4.78 is 13.0. The van der Waals surface area contributed by atoms with Crippen molar-refractivity contribution >= 4 is 23.2 Å². The first kappa shape index (κ1) is 17.9. The molecule has 1 aliphatic heterocycles. The average molecular weight is 355 g/mol. The molecular formula is C20H22FN3O2. The molecule has 136 valence electrons. The van der Waals surface area contributed by atoms with Crippen molar-refractivity contribution in [1.29, 1.82) is 0 Å². The van der Waals surface area contributed by atoms with Crippen molar-refractivity contribution in [2.45, 2.75) is 13.3 Å². The maximum Gasteiger partial charge on any atom is 0.233 e. The summed E-state index contributed by atoms with van der Waals surface area (Å²) in [7, 11) is 0. The van der Waals surface area contributed by atoms with Crippen LogP contribution in [0.4, 0.5) is 15.8 Å². The van der Waals surface area contributed by atoms with Crippen molar-refractivity contribution in [3.8, 4) is 0 Å². The SMILES string of the molecule is Cc1cccc(NC(=O)CC(=O)N2CCN(c3ccc(F)cc3)CC2)c1. The van der Waals surface area contributed by atoms with Crippen LogP contribution < -0.4 is 10.2 Å². The quantitative estimate of drug-likeness (QED) is 0.858. The second-order valence-corrected chi connectivity index (χ2v) is 6.44. The summed E-state index contributed by atoms with van der Waals surface area (Å²) >= 11 is 0. The van der Waals surface area contributed by atoms with Crippen LogP contribution in [0.1, 0.15) is 12.0 Å². The van der Waals surface area contributed by atoms with Crippen LogP contribution in [0.5, 0.6) is 0 Å². The molecule has 1 N–H and O–H groups in total. The normalized spacial score (nSPS) is 14.2. The topological polar surface area (TPSA) is 52.7 Å². The van der Waals surface area contributed by atoms with Crippen LogP contribution in [0.2, 0.25) is 0 Å². The van der Waals surface area contributed by atoms with E-state index < -0.39 is 0 Å².